The van der Waals surface area contributed by atoms with Gasteiger partial charge in [0.05, 0.1) is 0 Å². The zero-order valence-electron chi connectivity index (χ0n) is 10.9. The van der Waals surface area contributed by atoms with E-state index in [0.717, 1.165) is 11.5 Å². The smallest absolute Gasteiger partial charge is 0.324 e. The van der Waals surface area contributed by atoms with Gasteiger partial charge in [0, 0.05) is 0 Å². The summed E-state index contributed by atoms with van der Waals surface area (Å²) in [6.07, 6.45) is 2.89. The van der Waals surface area contributed by atoms with Crippen molar-refractivity contribution in [2.45, 2.75) is 52.5 Å². The number of carbonyl (C=O) groups is 1. The lowest BCUT2D eigenvalue weighted by atomic mass is 9.72. The van der Waals surface area contributed by atoms with Gasteiger partial charge in [-0.2, -0.15) is 11.8 Å². The third kappa shape index (κ3) is 4.34. The van der Waals surface area contributed by atoms with Gasteiger partial charge in [0.1, 0.15) is 5.54 Å². The minimum atomic E-state index is -1.12. The van der Waals surface area contributed by atoms with Gasteiger partial charge in [-0.05, 0) is 29.8 Å². The molecule has 0 fully saturated rings. The third-order valence-electron chi connectivity index (χ3n) is 3.00. The number of rotatable bonds is 7. The minimum absolute atomic E-state index is 0.413. The first-order chi connectivity index (χ1) is 7.25. The van der Waals surface area contributed by atoms with Crippen molar-refractivity contribution in [1.82, 2.24) is 0 Å². The van der Waals surface area contributed by atoms with E-state index >= 15 is 0 Å². The van der Waals surface area contributed by atoms with Crippen molar-refractivity contribution >= 4 is 17.7 Å². The van der Waals surface area contributed by atoms with Gasteiger partial charge in [-0.15, -0.1) is 0 Å². The zero-order chi connectivity index (χ0) is 12.8. The van der Waals surface area contributed by atoms with E-state index in [0.29, 0.717) is 6.42 Å². The molecule has 0 aromatic carbocycles. The molecule has 0 saturated carbocycles. The number of unbranched alkanes of at least 4 members (excludes halogenated alkanes) is 1. The van der Waals surface area contributed by atoms with Crippen LogP contribution >= 0.6 is 11.8 Å². The highest BCUT2D eigenvalue weighted by Gasteiger charge is 2.44. The molecule has 0 saturated heterocycles. The van der Waals surface area contributed by atoms with Crippen LogP contribution in [0.4, 0.5) is 0 Å². The lowest BCUT2D eigenvalue weighted by Gasteiger charge is -2.37. The molecule has 3 N–H and O–H groups in total. The molecule has 0 heterocycles. The summed E-state index contributed by atoms with van der Waals surface area (Å²) in [5.41, 5.74) is 4.49. The Morgan fingerprint density at radius 3 is 2.25 bits per heavy atom. The van der Waals surface area contributed by atoms with E-state index in [1.807, 2.05) is 20.8 Å². The fourth-order valence-electron chi connectivity index (χ4n) is 1.38. The Balaban J connectivity index is 4.21. The maximum absolute atomic E-state index is 11.3. The molecule has 0 radical (unpaired) electrons. The number of hydrogen-bond acceptors (Lipinski definition) is 3. The first kappa shape index (κ1) is 15.8. The molecule has 0 rings (SSSR count). The molecule has 96 valence electrons. The van der Waals surface area contributed by atoms with E-state index in [9.17, 15) is 9.90 Å². The molecule has 0 unspecified atom stereocenters. The SMILES string of the molecule is CCCCSCC[C@](N)(C(=O)O)C(C)(C)C. The van der Waals surface area contributed by atoms with E-state index in [2.05, 4.69) is 6.92 Å². The number of carboxylic acid groups (broad SMARTS) is 1. The van der Waals surface area contributed by atoms with Crippen LogP contribution in [0.3, 0.4) is 0 Å². The molecule has 0 aliphatic rings. The Morgan fingerprint density at radius 1 is 1.31 bits per heavy atom. The average molecular weight is 247 g/mol. The first-order valence-electron chi connectivity index (χ1n) is 5.85. The van der Waals surface area contributed by atoms with Gasteiger partial charge in [0.25, 0.3) is 0 Å². The molecule has 0 spiro atoms. The van der Waals surface area contributed by atoms with E-state index in [4.69, 9.17) is 5.73 Å². The molecule has 0 aromatic rings. The van der Waals surface area contributed by atoms with Crippen LogP contribution in [-0.2, 0) is 4.79 Å². The Morgan fingerprint density at radius 2 is 1.88 bits per heavy atom. The van der Waals surface area contributed by atoms with E-state index in [1.54, 1.807) is 11.8 Å². The number of hydrogen-bond donors (Lipinski definition) is 2. The number of carboxylic acids is 1. The summed E-state index contributed by atoms with van der Waals surface area (Å²) in [5.74, 6) is 1.02. The van der Waals surface area contributed by atoms with E-state index in [1.165, 1.54) is 12.8 Å². The molecular weight excluding hydrogens is 222 g/mol. The van der Waals surface area contributed by atoms with Gasteiger partial charge in [-0.1, -0.05) is 34.1 Å². The van der Waals surface area contributed by atoms with Crippen molar-refractivity contribution < 1.29 is 9.90 Å². The monoisotopic (exact) mass is 247 g/mol. The highest BCUT2D eigenvalue weighted by Crippen LogP contribution is 2.32. The maximum Gasteiger partial charge on any atom is 0.324 e. The zero-order valence-corrected chi connectivity index (χ0v) is 11.7. The molecule has 1 atom stereocenters. The maximum atomic E-state index is 11.3. The van der Waals surface area contributed by atoms with Gasteiger partial charge in [0.15, 0.2) is 0 Å². The van der Waals surface area contributed by atoms with Crippen molar-refractivity contribution in [3.05, 3.63) is 0 Å². The third-order valence-corrected chi connectivity index (χ3v) is 4.07. The topological polar surface area (TPSA) is 63.3 Å². The second kappa shape index (κ2) is 6.50. The van der Waals surface area contributed by atoms with Crippen LogP contribution in [0.1, 0.15) is 47.0 Å². The molecule has 0 bridgehead atoms. The fraction of sp³-hybridized carbons (Fsp3) is 0.917. The minimum Gasteiger partial charge on any atom is -0.480 e. The van der Waals surface area contributed by atoms with Crippen molar-refractivity contribution in [2.24, 2.45) is 11.1 Å². The van der Waals surface area contributed by atoms with Gasteiger partial charge in [-0.25, -0.2) is 0 Å². The molecule has 0 aliphatic carbocycles. The van der Waals surface area contributed by atoms with Crippen molar-refractivity contribution in [2.75, 3.05) is 11.5 Å². The Labute approximate surface area is 103 Å². The van der Waals surface area contributed by atoms with Crippen LogP contribution in [0.5, 0.6) is 0 Å². The fourth-order valence-corrected chi connectivity index (χ4v) is 2.55. The molecule has 4 heteroatoms. The van der Waals surface area contributed by atoms with Crippen molar-refractivity contribution in [1.29, 1.82) is 0 Å². The van der Waals surface area contributed by atoms with Crippen LogP contribution < -0.4 is 5.73 Å². The standard InChI is InChI=1S/C12H25NO2S/c1-5-6-8-16-9-7-12(13,10(14)15)11(2,3)4/h5-9,13H2,1-4H3,(H,14,15)/t12-/m0/s1. The summed E-state index contributed by atoms with van der Waals surface area (Å²) in [6.45, 7) is 7.81. The van der Waals surface area contributed by atoms with Gasteiger partial charge in [0.2, 0.25) is 0 Å². The van der Waals surface area contributed by atoms with Crippen LogP contribution in [-0.4, -0.2) is 28.1 Å². The summed E-state index contributed by atoms with van der Waals surface area (Å²) in [4.78, 5) is 11.3. The summed E-state index contributed by atoms with van der Waals surface area (Å²) in [6, 6.07) is 0. The lowest BCUT2D eigenvalue weighted by molar-refractivity contribution is -0.147. The lowest BCUT2D eigenvalue weighted by Crippen LogP contribution is -2.58. The largest absolute Gasteiger partial charge is 0.480 e. The van der Waals surface area contributed by atoms with Crippen LogP contribution in [0.2, 0.25) is 0 Å². The molecule has 0 amide bonds. The summed E-state index contributed by atoms with van der Waals surface area (Å²) < 4.78 is 0. The van der Waals surface area contributed by atoms with Crippen LogP contribution in [0, 0.1) is 5.41 Å². The molecule has 16 heavy (non-hydrogen) atoms. The second-order valence-electron chi connectivity index (χ2n) is 5.24. The Bertz CT molecular complexity index is 226. The molecule has 0 aliphatic heterocycles. The van der Waals surface area contributed by atoms with E-state index in [-0.39, 0.29) is 0 Å². The number of aliphatic carboxylic acids is 1. The Kier molecular flexibility index (Phi) is 6.41. The molecule has 0 aromatic heterocycles. The van der Waals surface area contributed by atoms with Crippen LogP contribution in [0.15, 0.2) is 0 Å². The molecule has 3 nitrogen and oxygen atoms in total. The molecular formula is C12H25NO2S. The first-order valence-corrected chi connectivity index (χ1v) is 7.01. The van der Waals surface area contributed by atoms with Crippen molar-refractivity contribution in [3.63, 3.8) is 0 Å². The number of thioether (sulfide) groups is 1. The van der Waals surface area contributed by atoms with Gasteiger partial charge in [-0.3, -0.25) is 4.79 Å². The Hall–Kier alpha value is -0.220. The summed E-state index contributed by atoms with van der Waals surface area (Å²) in [7, 11) is 0. The highest BCUT2D eigenvalue weighted by atomic mass is 32.2. The quantitative estimate of drug-likeness (QED) is 0.679. The predicted octanol–water partition coefficient (Wildman–Crippen LogP) is 2.74. The van der Waals surface area contributed by atoms with Gasteiger partial charge < -0.3 is 10.8 Å². The summed E-state index contributed by atoms with van der Waals surface area (Å²) in [5, 5.41) is 9.24. The van der Waals surface area contributed by atoms with Gasteiger partial charge >= 0.3 is 5.97 Å². The average Bonchev–Trinajstić information content (AvgIpc) is 2.15. The highest BCUT2D eigenvalue weighted by molar-refractivity contribution is 7.99. The number of nitrogens with two attached hydrogens (primary N) is 1. The predicted molar refractivity (Wildman–Crippen MR) is 70.9 cm³/mol. The second-order valence-corrected chi connectivity index (χ2v) is 6.47. The normalized spacial score (nSPS) is 15.8. The van der Waals surface area contributed by atoms with Crippen molar-refractivity contribution in [3.8, 4) is 0 Å². The van der Waals surface area contributed by atoms with E-state index < -0.39 is 16.9 Å². The summed E-state index contributed by atoms with van der Waals surface area (Å²) >= 11 is 1.79. The van der Waals surface area contributed by atoms with Crippen LogP contribution in [0.25, 0.3) is 0 Å².